The van der Waals surface area contributed by atoms with E-state index in [9.17, 15) is 10.1 Å². The predicted molar refractivity (Wildman–Crippen MR) is 83.5 cm³/mol. The molecule has 0 bridgehead atoms. The minimum absolute atomic E-state index is 0.147. The van der Waals surface area contributed by atoms with Crippen LogP contribution in [0, 0.1) is 25.2 Å². The second-order valence-corrected chi connectivity index (χ2v) is 6.18. The summed E-state index contributed by atoms with van der Waals surface area (Å²) in [4.78, 5) is 13.4. The molecular formula is C16H14N2O3S. The number of para-hydroxylation sites is 2. The van der Waals surface area contributed by atoms with Crippen molar-refractivity contribution in [1.29, 1.82) is 5.26 Å². The summed E-state index contributed by atoms with van der Waals surface area (Å²) in [6.07, 6.45) is -0.732. The molecule has 0 spiro atoms. The van der Waals surface area contributed by atoms with E-state index in [1.165, 1.54) is 11.3 Å². The summed E-state index contributed by atoms with van der Waals surface area (Å²) in [5, 5.41) is 12.6. The summed E-state index contributed by atoms with van der Waals surface area (Å²) in [6.45, 7) is 3.94. The third-order valence-corrected chi connectivity index (χ3v) is 4.66. The molecule has 0 saturated heterocycles. The lowest BCUT2D eigenvalue weighted by molar-refractivity contribution is -0.125. The average Bonchev–Trinajstić information content (AvgIpc) is 2.80. The van der Waals surface area contributed by atoms with Crippen LogP contribution in [0.5, 0.6) is 11.5 Å². The maximum atomic E-state index is 12.3. The fourth-order valence-corrected chi connectivity index (χ4v) is 3.20. The van der Waals surface area contributed by atoms with E-state index in [0.29, 0.717) is 22.1 Å². The van der Waals surface area contributed by atoms with Crippen LogP contribution < -0.4 is 14.8 Å². The highest BCUT2D eigenvalue weighted by atomic mass is 32.1. The van der Waals surface area contributed by atoms with E-state index in [4.69, 9.17) is 9.47 Å². The van der Waals surface area contributed by atoms with E-state index in [2.05, 4.69) is 11.4 Å². The van der Waals surface area contributed by atoms with Gasteiger partial charge in [0.2, 0.25) is 6.10 Å². The van der Waals surface area contributed by atoms with E-state index in [0.717, 1.165) is 10.4 Å². The molecule has 0 fully saturated rings. The van der Waals surface area contributed by atoms with Crippen LogP contribution in [-0.2, 0) is 4.79 Å². The Morgan fingerprint density at radius 2 is 2.09 bits per heavy atom. The molecule has 1 amide bonds. The van der Waals surface area contributed by atoms with E-state index in [-0.39, 0.29) is 12.5 Å². The standard InChI is InChI=1S/C16H14N2O3S/c1-9-10(2)22-16(11(9)7-17)18-15(19)14-8-20-12-5-3-4-6-13(12)21-14/h3-6,14H,8H2,1-2H3,(H,18,19). The van der Waals surface area contributed by atoms with Crippen LogP contribution in [0.15, 0.2) is 24.3 Å². The maximum absolute atomic E-state index is 12.3. The highest BCUT2D eigenvalue weighted by Crippen LogP contribution is 2.33. The lowest BCUT2D eigenvalue weighted by Crippen LogP contribution is -2.40. The molecule has 6 heteroatoms. The number of hydrogen-bond donors (Lipinski definition) is 1. The Morgan fingerprint density at radius 1 is 1.36 bits per heavy atom. The van der Waals surface area contributed by atoms with Crippen molar-refractivity contribution in [2.45, 2.75) is 20.0 Å². The van der Waals surface area contributed by atoms with Crippen LogP contribution in [0.1, 0.15) is 16.0 Å². The number of rotatable bonds is 2. The van der Waals surface area contributed by atoms with Gasteiger partial charge in [-0.3, -0.25) is 4.79 Å². The Morgan fingerprint density at radius 3 is 2.82 bits per heavy atom. The van der Waals surface area contributed by atoms with Gasteiger partial charge in [-0.15, -0.1) is 11.3 Å². The number of carbonyl (C=O) groups excluding carboxylic acids is 1. The molecule has 1 atom stereocenters. The van der Waals surface area contributed by atoms with Crippen molar-refractivity contribution in [3.05, 3.63) is 40.3 Å². The maximum Gasteiger partial charge on any atom is 0.269 e. The summed E-state index contributed by atoms with van der Waals surface area (Å²) in [6, 6.07) is 9.35. The Balaban J connectivity index is 1.77. The van der Waals surface area contributed by atoms with E-state index in [1.54, 1.807) is 12.1 Å². The minimum Gasteiger partial charge on any atom is -0.485 e. The van der Waals surface area contributed by atoms with Crippen molar-refractivity contribution in [3.8, 4) is 17.6 Å². The van der Waals surface area contributed by atoms with Gasteiger partial charge in [-0.05, 0) is 31.5 Å². The molecule has 1 aromatic heterocycles. The van der Waals surface area contributed by atoms with Gasteiger partial charge < -0.3 is 14.8 Å². The fourth-order valence-electron chi connectivity index (χ4n) is 2.19. The normalized spacial score (nSPS) is 16.0. The molecule has 1 aliphatic rings. The second kappa shape index (κ2) is 5.70. The molecule has 2 heterocycles. The van der Waals surface area contributed by atoms with E-state index in [1.807, 2.05) is 26.0 Å². The number of carbonyl (C=O) groups is 1. The van der Waals surface area contributed by atoms with Crippen molar-refractivity contribution < 1.29 is 14.3 Å². The number of aryl methyl sites for hydroxylation is 1. The molecule has 0 aliphatic carbocycles. The zero-order valence-electron chi connectivity index (χ0n) is 12.2. The van der Waals surface area contributed by atoms with Gasteiger partial charge in [-0.2, -0.15) is 5.26 Å². The summed E-state index contributed by atoms with van der Waals surface area (Å²) >= 11 is 1.39. The van der Waals surface area contributed by atoms with Crippen LogP contribution in [0.2, 0.25) is 0 Å². The van der Waals surface area contributed by atoms with Gasteiger partial charge in [0.1, 0.15) is 17.7 Å². The Labute approximate surface area is 132 Å². The topological polar surface area (TPSA) is 71.3 Å². The fraction of sp³-hybridized carbons (Fsp3) is 0.250. The van der Waals surface area contributed by atoms with Gasteiger partial charge in [-0.1, -0.05) is 12.1 Å². The lowest BCUT2D eigenvalue weighted by atomic mass is 10.2. The molecule has 1 unspecified atom stereocenters. The van der Waals surface area contributed by atoms with Crippen molar-refractivity contribution in [1.82, 2.24) is 0 Å². The minimum atomic E-state index is -0.732. The number of hydrogen-bond acceptors (Lipinski definition) is 5. The third-order valence-electron chi connectivity index (χ3n) is 3.53. The number of fused-ring (bicyclic) bond motifs is 1. The SMILES string of the molecule is Cc1sc(NC(=O)C2COc3ccccc3O2)c(C#N)c1C. The molecule has 2 aromatic rings. The summed E-state index contributed by atoms with van der Waals surface area (Å²) in [5.74, 6) is 0.868. The summed E-state index contributed by atoms with van der Waals surface area (Å²) in [5.41, 5.74) is 1.40. The molecule has 1 N–H and O–H groups in total. The first-order valence-electron chi connectivity index (χ1n) is 6.79. The van der Waals surface area contributed by atoms with Gasteiger partial charge in [0.25, 0.3) is 5.91 Å². The molecule has 3 rings (SSSR count). The quantitative estimate of drug-likeness (QED) is 0.925. The monoisotopic (exact) mass is 314 g/mol. The van der Waals surface area contributed by atoms with E-state index < -0.39 is 6.10 Å². The highest BCUT2D eigenvalue weighted by molar-refractivity contribution is 7.16. The van der Waals surface area contributed by atoms with Gasteiger partial charge >= 0.3 is 0 Å². The third kappa shape index (κ3) is 2.51. The Bertz CT molecular complexity index is 776. The number of ether oxygens (including phenoxy) is 2. The van der Waals surface area contributed by atoms with Crippen LogP contribution in [0.25, 0.3) is 0 Å². The van der Waals surface area contributed by atoms with Gasteiger partial charge in [0, 0.05) is 4.88 Å². The average molecular weight is 314 g/mol. The number of thiophene rings is 1. The first-order valence-corrected chi connectivity index (χ1v) is 7.61. The number of benzene rings is 1. The zero-order valence-corrected chi connectivity index (χ0v) is 13.0. The Hall–Kier alpha value is -2.52. The molecule has 1 aliphatic heterocycles. The first-order chi connectivity index (χ1) is 10.6. The second-order valence-electron chi connectivity index (χ2n) is 4.95. The molecule has 112 valence electrons. The Kier molecular flexibility index (Phi) is 3.73. The molecule has 22 heavy (non-hydrogen) atoms. The van der Waals surface area contributed by atoms with Crippen LogP contribution in [0.3, 0.4) is 0 Å². The largest absolute Gasteiger partial charge is 0.485 e. The lowest BCUT2D eigenvalue weighted by Gasteiger charge is -2.25. The smallest absolute Gasteiger partial charge is 0.269 e. The molecular weight excluding hydrogens is 300 g/mol. The van der Waals surface area contributed by atoms with E-state index >= 15 is 0 Å². The van der Waals surface area contributed by atoms with Gasteiger partial charge in [0.15, 0.2) is 11.5 Å². The molecule has 1 aromatic carbocycles. The first kappa shape index (κ1) is 14.4. The van der Waals surface area contributed by atoms with Crippen LogP contribution in [-0.4, -0.2) is 18.6 Å². The number of nitrogens with zero attached hydrogens (tertiary/aromatic N) is 1. The van der Waals surface area contributed by atoms with Crippen LogP contribution in [0.4, 0.5) is 5.00 Å². The molecule has 0 saturated carbocycles. The molecule has 0 radical (unpaired) electrons. The molecule has 5 nitrogen and oxygen atoms in total. The van der Waals surface area contributed by atoms with Crippen molar-refractivity contribution >= 4 is 22.2 Å². The predicted octanol–water partition coefficient (Wildman–Crippen LogP) is 3.02. The van der Waals surface area contributed by atoms with Gasteiger partial charge in [0.05, 0.1) is 5.56 Å². The van der Waals surface area contributed by atoms with Crippen molar-refractivity contribution in [3.63, 3.8) is 0 Å². The summed E-state index contributed by atoms with van der Waals surface area (Å²) < 4.78 is 11.2. The number of amides is 1. The summed E-state index contributed by atoms with van der Waals surface area (Å²) in [7, 11) is 0. The number of nitrogens with one attached hydrogen (secondary N) is 1. The highest BCUT2D eigenvalue weighted by Gasteiger charge is 2.28. The number of nitriles is 1. The van der Waals surface area contributed by atoms with Gasteiger partial charge in [-0.25, -0.2) is 0 Å². The number of anilines is 1. The van der Waals surface area contributed by atoms with Crippen molar-refractivity contribution in [2.24, 2.45) is 0 Å². The van der Waals surface area contributed by atoms with Crippen molar-refractivity contribution in [2.75, 3.05) is 11.9 Å². The van der Waals surface area contributed by atoms with Crippen LogP contribution >= 0.6 is 11.3 Å². The zero-order chi connectivity index (χ0) is 15.7.